The number of hydrogen-bond donors (Lipinski definition) is 3. The SMILES string of the molecule is Cc1ncsc1-c1ccc(CNC(=O)O)c(O)c1. The molecule has 6 heteroatoms. The van der Waals surface area contributed by atoms with Crippen LogP contribution in [0.3, 0.4) is 0 Å². The summed E-state index contributed by atoms with van der Waals surface area (Å²) >= 11 is 1.50. The van der Waals surface area contributed by atoms with E-state index in [4.69, 9.17) is 5.11 Å². The summed E-state index contributed by atoms with van der Waals surface area (Å²) in [5, 5.41) is 20.6. The molecule has 0 spiro atoms. The molecule has 0 aliphatic heterocycles. The van der Waals surface area contributed by atoms with Crippen LogP contribution in [0.2, 0.25) is 0 Å². The Morgan fingerprint density at radius 2 is 2.28 bits per heavy atom. The highest BCUT2D eigenvalue weighted by Gasteiger charge is 2.08. The minimum atomic E-state index is -1.11. The number of carboxylic acid groups (broad SMARTS) is 1. The number of nitrogens with one attached hydrogen (secondary N) is 1. The zero-order valence-corrected chi connectivity index (χ0v) is 10.5. The Hall–Kier alpha value is -2.08. The Labute approximate surface area is 108 Å². The Morgan fingerprint density at radius 3 is 2.83 bits per heavy atom. The number of hydrogen-bond acceptors (Lipinski definition) is 4. The van der Waals surface area contributed by atoms with Crippen molar-refractivity contribution in [3.8, 4) is 16.2 Å². The van der Waals surface area contributed by atoms with Crippen LogP contribution in [0.25, 0.3) is 10.4 Å². The van der Waals surface area contributed by atoms with Crippen LogP contribution in [-0.2, 0) is 6.54 Å². The van der Waals surface area contributed by atoms with Crippen molar-refractivity contribution < 1.29 is 15.0 Å². The van der Waals surface area contributed by atoms with Gasteiger partial charge in [-0.1, -0.05) is 12.1 Å². The maximum absolute atomic E-state index is 10.4. The lowest BCUT2D eigenvalue weighted by Crippen LogP contribution is -2.19. The van der Waals surface area contributed by atoms with Crippen LogP contribution >= 0.6 is 11.3 Å². The molecule has 3 N–H and O–H groups in total. The molecule has 5 nitrogen and oxygen atoms in total. The average Bonchev–Trinajstić information content (AvgIpc) is 2.73. The molecule has 1 amide bonds. The van der Waals surface area contributed by atoms with Crippen molar-refractivity contribution in [1.82, 2.24) is 10.3 Å². The number of nitrogens with zero attached hydrogens (tertiary/aromatic N) is 1. The van der Waals surface area contributed by atoms with Gasteiger partial charge in [-0.2, -0.15) is 0 Å². The quantitative estimate of drug-likeness (QED) is 0.795. The van der Waals surface area contributed by atoms with Crippen molar-refractivity contribution in [2.75, 3.05) is 0 Å². The number of phenols is 1. The summed E-state index contributed by atoms with van der Waals surface area (Å²) in [5.41, 5.74) is 4.09. The second-order valence-corrected chi connectivity index (χ2v) is 4.62. The monoisotopic (exact) mass is 264 g/mol. The molecule has 2 rings (SSSR count). The van der Waals surface area contributed by atoms with Crippen molar-refractivity contribution in [2.24, 2.45) is 0 Å². The van der Waals surface area contributed by atoms with Crippen molar-refractivity contribution in [2.45, 2.75) is 13.5 Å². The molecule has 0 unspecified atom stereocenters. The van der Waals surface area contributed by atoms with E-state index in [2.05, 4.69) is 10.3 Å². The second-order valence-electron chi connectivity index (χ2n) is 3.77. The second kappa shape index (κ2) is 5.05. The first-order valence-electron chi connectivity index (χ1n) is 5.27. The maximum Gasteiger partial charge on any atom is 0.404 e. The predicted molar refractivity (Wildman–Crippen MR) is 68.8 cm³/mol. The summed E-state index contributed by atoms with van der Waals surface area (Å²) < 4.78 is 0. The summed E-state index contributed by atoms with van der Waals surface area (Å²) in [7, 11) is 0. The fourth-order valence-corrected chi connectivity index (χ4v) is 2.41. The molecule has 0 bridgehead atoms. The number of aryl methyl sites for hydroxylation is 1. The molecule has 0 radical (unpaired) electrons. The number of thiazole rings is 1. The van der Waals surface area contributed by atoms with Gasteiger partial charge < -0.3 is 15.5 Å². The number of carbonyl (C=O) groups is 1. The van der Waals surface area contributed by atoms with Gasteiger partial charge in [0, 0.05) is 12.1 Å². The Kier molecular flexibility index (Phi) is 3.47. The van der Waals surface area contributed by atoms with E-state index in [1.165, 1.54) is 11.3 Å². The maximum atomic E-state index is 10.4. The first kappa shape index (κ1) is 12.4. The lowest BCUT2D eigenvalue weighted by molar-refractivity contribution is 0.194. The number of aromatic hydroxyl groups is 1. The number of phenolic OH excluding ortho intramolecular Hbond substituents is 1. The Bertz CT molecular complexity index is 580. The van der Waals surface area contributed by atoms with E-state index >= 15 is 0 Å². The van der Waals surface area contributed by atoms with Crippen LogP contribution in [0.5, 0.6) is 5.75 Å². The van der Waals surface area contributed by atoms with Gasteiger partial charge in [0.05, 0.1) is 16.1 Å². The number of rotatable bonds is 3. The smallest absolute Gasteiger partial charge is 0.404 e. The molecule has 2 aromatic rings. The minimum Gasteiger partial charge on any atom is -0.508 e. The normalized spacial score (nSPS) is 10.3. The molecule has 1 aromatic carbocycles. The summed E-state index contributed by atoms with van der Waals surface area (Å²) in [4.78, 5) is 15.5. The van der Waals surface area contributed by atoms with Crippen LogP contribution in [0.1, 0.15) is 11.3 Å². The lowest BCUT2D eigenvalue weighted by atomic mass is 10.1. The zero-order valence-electron chi connectivity index (χ0n) is 9.67. The van der Waals surface area contributed by atoms with Gasteiger partial charge in [0.25, 0.3) is 0 Å². The summed E-state index contributed by atoms with van der Waals surface area (Å²) in [6, 6.07) is 5.18. The van der Waals surface area contributed by atoms with Gasteiger partial charge in [-0.3, -0.25) is 0 Å². The first-order chi connectivity index (χ1) is 8.58. The number of aromatic nitrogens is 1. The largest absolute Gasteiger partial charge is 0.508 e. The van der Waals surface area contributed by atoms with Crippen LogP contribution in [0.4, 0.5) is 4.79 Å². The van der Waals surface area contributed by atoms with Gasteiger partial charge >= 0.3 is 6.09 Å². The molecule has 0 saturated heterocycles. The number of benzene rings is 1. The highest BCUT2D eigenvalue weighted by Crippen LogP contribution is 2.31. The molecule has 1 heterocycles. The molecular weight excluding hydrogens is 252 g/mol. The average molecular weight is 264 g/mol. The molecular formula is C12H12N2O3S. The fraction of sp³-hybridized carbons (Fsp3) is 0.167. The standard InChI is InChI=1S/C12H12N2O3S/c1-7-11(18-6-14-7)8-2-3-9(10(15)4-8)5-13-12(16)17/h2-4,6,13,15H,5H2,1H3,(H,16,17). The van der Waals surface area contributed by atoms with Gasteiger partial charge in [0.15, 0.2) is 0 Å². The van der Waals surface area contributed by atoms with Crippen LogP contribution < -0.4 is 5.32 Å². The third kappa shape index (κ3) is 2.60. The van der Waals surface area contributed by atoms with Crippen LogP contribution in [0.15, 0.2) is 23.7 Å². The Balaban J connectivity index is 2.25. The Morgan fingerprint density at radius 1 is 1.50 bits per heavy atom. The van der Waals surface area contributed by atoms with Crippen molar-refractivity contribution in [3.63, 3.8) is 0 Å². The first-order valence-corrected chi connectivity index (χ1v) is 6.15. The third-order valence-electron chi connectivity index (χ3n) is 2.52. The van der Waals surface area contributed by atoms with Gasteiger partial charge in [-0.25, -0.2) is 9.78 Å². The predicted octanol–water partition coefficient (Wildman–Crippen LogP) is 2.59. The molecule has 0 aliphatic rings. The topological polar surface area (TPSA) is 82.5 Å². The highest BCUT2D eigenvalue weighted by molar-refractivity contribution is 7.13. The highest BCUT2D eigenvalue weighted by atomic mass is 32.1. The molecule has 18 heavy (non-hydrogen) atoms. The molecule has 94 valence electrons. The van der Waals surface area contributed by atoms with E-state index < -0.39 is 6.09 Å². The summed E-state index contributed by atoms with van der Waals surface area (Å²) in [5.74, 6) is 0.0778. The summed E-state index contributed by atoms with van der Waals surface area (Å²) in [6.45, 7) is 1.99. The minimum absolute atomic E-state index is 0.0778. The molecule has 0 fully saturated rings. The van der Waals surface area contributed by atoms with Gasteiger partial charge in [0.1, 0.15) is 5.75 Å². The van der Waals surface area contributed by atoms with E-state index in [1.807, 2.05) is 13.0 Å². The fourth-order valence-electron chi connectivity index (χ4n) is 1.60. The third-order valence-corrected chi connectivity index (χ3v) is 3.50. The van der Waals surface area contributed by atoms with Gasteiger partial charge in [0.2, 0.25) is 0 Å². The van der Waals surface area contributed by atoms with Gasteiger partial charge in [-0.15, -0.1) is 11.3 Å². The summed E-state index contributed by atoms with van der Waals surface area (Å²) in [6.07, 6.45) is -1.11. The van der Waals surface area contributed by atoms with Crippen molar-refractivity contribution in [1.29, 1.82) is 0 Å². The number of amides is 1. The molecule has 1 aromatic heterocycles. The van der Waals surface area contributed by atoms with Crippen LogP contribution in [0, 0.1) is 6.92 Å². The lowest BCUT2D eigenvalue weighted by Gasteiger charge is -2.06. The van der Waals surface area contributed by atoms with E-state index in [0.29, 0.717) is 5.56 Å². The van der Waals surface area contributed by atoms with Crippen LogP contribution in [-0.4, -0.2) is 21.3 Å². The van der Waals surface area contributed by atoms with Crippen molar-refractivity contribution in [3.05, 3.63) is 35.0 Å². The molecule has 0 aliphatic carbocycles. The molecule has 0 atom stereocenters. The van der Waals surface area contributed by atoms with Crippen molar-refractivity contribution >= 4 is 17.4 Å². The zero-order chi connectivity index (χ0) is 13.1. The van der Waals surface area contributed by atoms with E-state index in [-0.39, 0.29) is 12.3 Å². The van der Waals surface area contributed by atoms with E-state index in [9.17, 15) is 9.90 Å². The molecule has 0 saturated carbocycles. The van der Waals surface area contributed by atoms with Gasteiger partial charge in [-0.05, 0) is 18.6 Å². The van der Waals surface area contributed by atoms with E-state index in [1.54, 1.807) is 17.6 Å². The van der Waals surface area contributed by atoms with E-state index in [0.717, 1.165) is 16.1 Å².